The first-order valence-corrected chi connectivity index (χ1v) is 7.00. The van der Waals surface area contributed by atoms with E-state index in [1.807, 2.05) is 38.2 Å². The molecule has 0 amide bonds. The van der Waals surface area contributed by atoms with Crippen LogP contribution in [-0.4, -0.2) is 32.2 Å². The second-order valence-electron chi connectivity index (χ2n) is 4.46. The first-order chi connectivity index (χ1) is 9.70. The highest BCUT2D eigenvalue weighted by molar-refractivity contribution is 9.10. The number of para-hydroxylation sites is 1. The zero-order valence-corrected chi connectivity index (χ0v) is 12.7. The van der Waals surface area contributed by atoms with Crippen molar-refractivity contribution in [2.45, 2.75) is 13.0 Å². The van der Waals surface area contributed by atoms with E-state index >= 15 is 0 Å². The van der Waals surface area contributed by atoms with Gasteiger partial charge in [0.25, 0.3) is 0 Å². The molecule has 2 heterocycles. The Labute approximate surface area is 124 Å². The molecule has 102 valence electrons. The highest BCUT2D eigenvalue weighted by Crippen LogP contribution is 2.24. The molecule has 3 aromatic rings. The summed E-state index contributed by atoms with van der Waals surface area (Å²) < 4.78 is 2.67. The van der Waals surface area contributed by atoms with Crippen LogP contribution in [0.2, 0.25) is 0 Å². The average molecular weight is 333 g/mol. The number of aromatic nitrogens is 5. The van der Waals surface area contributed by atoms with Crippen molar-refractivity contribution in [2.24, 2.45) is 0 Å². The van der Waals surface area contributed by atoms with Gasteiger partial charge >= 0.3 is 0 Å². The fraction of sp³-hybridized carbons (Fsp3) is 0.231. The van der Waals surface area contributed by atoms with Crippen LogP contribution in [0, 0.1) is 0 Å². The summed E-state index contributed by atoms with van der Waals surface area (Å²) in [5.41, 5.74) is 1.74. The molecular formula is C13H13BrN6. The van der Waals surface area contributed by atoms with Gasteiger partial charge in [0.1, 0.15) is 0 Å². The first kappa shape index (κ1) is 13.1. The van der Waals surface area contributed by atoms with Gasteiger partial charge in [0, 0.05) is 16.1 Å². The zero-order chi connectivity index (χ0) is 14.1. The molecule has 1 atom stereocenters. The van der Waals surface area contributed by atoms with E-state index < -0.39 is 0 Å². The lowest BCUT2D eigenvalue weighted by atomic mass is 10.2. The Balaban J connectivity index is 2.23. The molecule has 0 fully saturated rings. The summed E-state index contributed by atoms with van der Waals surface area (Å²) in [6.45, 7) is 2.01. The molecule has 0 aliphatic carbocycles. The largest absolute Gasteiger partial charge is 0.311 e. The molecule has 0 radical (unpaired) electrons. The molecule has 3 rings (SSSR count). The highest BCUT2D eigenvalue weighted by atomic mass is 79.9. The van der Waals surface area contributed by atoms with Crippen LogP contribution in [0.15, 0.2) is 34.9 Å². The van der Waals surface area contributed by atoms with E-state index in [0.29, 0.717) is 0 Å². The topological polar surface area (TPSA) is 68.5 Å². The summed E-state index contributed by atoms with van der Waals surface area (Å²) in [5.74, 6) is 0.754. The van der Waals surface area contributed by atoms with E-state index in [-0.39, 0.29) is 6.04 Å². The van der Waals surface area contributed by atoms with E-state index in [9.17, 15) is 0 Å². The number of fused-ring (bicyclic) bond motifs is 1. The first-order valence-electron chi connectivity index (χ1n) is 6.21. The lowest BCUT2D eigenvalue weighted by molar-refractivity contribution is 0.589. The molecule has 0 saturated carbocycles. The molecule has 0 aliphatic heterocycles. The third kappa shape index (κ3) is 2.19. The quantitative estimate of drug-likeness (QED) is 0.796. The standard InChI is InChI=1S/C13H13BrN6/c1-8(15-2)13-17-18-19-20(13)11-5-3-4-9-6-10(14)7-16-12(9)11/h3-8,15H,1-2H3. The average Bonchev–Trinajstić information content (AvgIpc) is 2.94. The number of halogens is 1. The van der Waals surface area contributed by atoms with Crippen LogP contribution in [0.25, 0.3) is 16.6 Å². The Morgan fingerprint density at radius 1 is 1.35 bits per heavy atom. The van der Waals surface area contributed by atoms with Gasteiger partial charge in [-0.3, -0.25) is 4.98 Å². The van der Waals surface area contributed by atoms with E-state index in [0.717, 1.165) is 26.9 Å². The molecule has 0 spiro atoms. The third-order valence-corrected chi connectivity index (χ3v) is 3.63. The molecule has 20 heavy (non-hydrogen) atoms. The van der Waals surface area contributed by atoms with Gasteiger partial charge in [0.05, 0.1) is 17.2 Å². The van der Waals surface area contributed by atoms with Gasteiger partial charge in [0.2, 0.25) is 0 Å². The minimum atomic E-state index is 0.0516. The Morgan fingerprint density at radius 3 is 3.00 bits per heavy atom. The van der Waals surface area contributed by atoms with Gasteiger partial charge in [-0.15, -0.1) is 5.10 Å². The molecule has 7 heteroatoms. The van der Waals surface area contributed by atoms with Crippen LogP contribution >= 0.6 is 15.9 Å². The highest BCUT2D eigenvalue weighted by Gasteiger charge is 2.16. The van der Waals surface area contributed by atoms with Crippen LogP contribution in [0.4, 0.5) is 0 Å². The maximum absolute atomic E-state index is 4.48. The number of benzene rings is 1. The lowest BCUT2D eigenvalue weighted by Crippen LogP contribution is -2.18. The van der Waals surface area contributed by atoms with E-state index in [1.54, 1.807) is 10.9 Å². The Hall–Kier alpha value is -1.86. The lowest BCUT2D eigenvalue weighted by Gasteiger charge is -2.11. The molecule has 2 aromatic heterocycles. The Morgan fingerprint density at radius 2 is 2.20 bits per heavy atom. The van der Waals surface area contributed by atoms with Crippen molar-refractivity contribution in [1.82, 2.24) is 30.5 Å². The van der Waals surface area contributed by atoms with Crippen molar-refractivity contribution in [1.29, 1.82) is 0 Å². The van der Waals surface area contributed by atoms with Crippen molar-refractivity contribution in [3.05, 3.63) is 40.8 Å². The summed E-state index contributed by atoms with van der Waals surface area (Å²) in [6, 6.07) is 8.03. The van der Waals surface area contributed by atoms with Crippen molar-refractivity contribution in [2.75, 3.05) is 7.05 Å². The molecule has 0 aliphatic rings. The molecule has 0 saturated heterocycles. The fourth-order valence-corrected chi connectivity index (χ4v) is 2.40. The number of pyridine rings is 1. The van der Waals surface area contributed by atoms with Crippen LogP contribution in [0.1, 0.15) is 18.8 Å². The number of tetrazole rings is 1. The monoisotopic (exact) mass is 332 g/mol. The maximum Gasteiger partial charge on any atom is 0.173 e. The van der Waals surface area contributed by atoms with Crippen LogP contribution < -0.4 is 5.32 Å². The molecule has 0 bridgehead atoms. The SMILES string of the molecule is CNC(C)c1nnnn1-c1cccc2cc(Br)cnc12. The summed E-state index contributed by atoms with van der Waals surface area (Å²) in [5, 5.41) is 16.1. The number of rotatable bonds is 3. The second-order valence-corrected chi connectivity index (χ2v) is 5.38. The van der Waals surface area contributed by atoms with Crippen molar-refractivity contribution < 1.29 is 0 Å². The van der Waals surface area contributed by atoms with Gasteiger partial charge in [-0.25, -0.2) is 0 Å². The molecular weight excluding hydrogens is 320 g/mol. The van der Waals surface area contributed by atoms with Crippen LogP contribution in [-0.2, 0) is 0 Å². The summed E-state index contributed by atoms with van der Waals surface area (Å²) in [4.78, 5) is 4.48. The molecule has 1 N–H and O–H groups in total. The predicted octanol–water partition coefficient (Wildman–Crippen LogP) is 2.25. The van der Waals surface area contributed by atoms with Gasteiger partial charge in [-0.05, 0) is 52.5 Å². The minimum absolute atomic E-state index is 0.0516. The van der Waals surface area contributed by atoms with Gasteiger partial charge in [0.15, 0.2) is 5.82 Å². The minimum Gasteiger partial charge on any atom is -0.311 e. The van der Waals surface area contributed by atoms with Gasteiger partial charge < -0.3 is 5.32 Å². The van der Waals surface area contributed by atoms with Crippen molar-refractivity contribution >= 4 is 26.8 Å². The maximum atomic E-state index is 4.48. The van der Waals surface area contributed by atoms with Gasteiger partial charge in [-0.1, -0.05) is 12.1 Å². The van der Waals surface area contributed by atoms with Crippen molar-refractivity contribution in [3.63, 3.8) is 0 Å². The Bertz CT molecular complexity index is 753. The van der Waals surface area contributed by atoms with Crippen LogP contribution in [0.3, 0.4) is 0 Å². The smallest absolute Gasteiger partial charge is 0.173 e. The fourth-order valence-electron chi connectivity index (χ4n) is 2.05. The number of hydrogen-bond donors (Lipinski definition) is 1. The van der Waals surface area contributed by atoms with Gasteiger partial charge in [-0.2, -0.15) is 4.68 Å². The normalized spacial score (nSPS) is 12.8. The summed E-state index contributed by atoms with van der Waals surface area (Å²) in [7, 11) is 1.88. The number of nitrogens with zero attached hydrogens (tertiary/aromatic N) is 5. The summed E-state index contributed by atoms with van der Waals surface area (Å²) >= 11 is 3.43. The molecule has 1 aromatic carbocycles. The second kappa shape index (κ2) is 5.26. The van der Waals surface area contributed by atoms with Crippen molar-refractivity contribution in [3.8, 4) is 5.69 Å². The third-order valence-electron chi connectivity index (χ3n) is 3.20. The van der Waals surface area contributed by atoms with E-state index in [2.05, 4.69) is 41.8 Å². The van der Waals surface area contributed by atoms with E-state index in [4.69, 9.17) is 0 Å². The predicted molar refractivity (Wildman–Crippen MR) is 79.6 cm³/mol. The Kier molecular flexibility index (Phi) is 3.45. The number of hydrogen-bond acceptors (Lipinski definition) is 5. The molecule has 1 unspecified atom stereocenters. The number of nitrogens with one attached hydrogen (secondary N) is 1. The van der Waals surface area contributed by atoms with Crippen LogP contribution in [0.5, 0.6) is 0 Å². The summed E-state index contributed by atoms with van der Waals surface area (Å²) in [6.07, 6.45) is 1.78. The molecule has 6 nitrogen and oxygen atoms in total. The van der Waals surface area contributed by atoms with E-state index in [1.165, 1.54) is 0 Å². The zero-order valence-electron chi connectivity index (χ0n) is 11.1.